The highest BCUT2D eigenvalue weighted by Crippen LogP contribution is 2.00. The molecule has 0 saturated heterocycles. The third-order valence-corrected chi connectivity index (χ3v) is 1.46. The minimum absolute atomic E-state index is 0.207. The highest BCUT2D eigenvalue weighted by atomic mass is 16.5. The lowest BCUT2D eigenvalue weighted by atomic mass is 10.1. The molecule has 3 nitrogen and oxygen atoms in total. The molecule has 0 radical (unpaired) electrons. The van der Waals surface area contributed by atoms with Gasteiger partial charge in [0.15, 0.2) is 0 Å². The summed E-state index contributed by atoms with van der Waals surface area (Å²) in [4.78, 5) is 11.1. The molecule has 13 heavy (non-hydrogen) atoms. The molecule has 0 aromatic rings. The van der Waals surface area contributed by atoms with Gasteiger partial charge < -0.3 is 10.1 Å². The van der Waals surface area contributed by atoms with E-state index in [-0.39, 0.29) is 11.6 Å². The van der Waals surface area contributed by atoms with Crippen molar-refractivity contribution in [3.63, 3.8) is 0 Å². The number of carbonyl (C=O) groups is 1. The summed E-state index contributed by atoms with van der Waals surface area (Å²) in [6.45, 7) is 8.44. The Morgan fingerprint density at radius 3 is 2.38 bits per heavy atom. The van der Waals surface area contributed by atoms with E-state index in [4.69, 9.17) is 4.74 Å². The summed E-state index contributed by atoms with van der Waals surface area (Å²) in [5.74, 6) is 0. The summed E-state index contributed by atoms with van der Waals surface area (Å²) in [6, 6.07) is 0. The summed E-state index contributed by atoms with van der Waals surface area (Å²) >= 11 is 0. The van der Waals surface area contributed by atoms with E-state index < -0.39 is 0 Å². The van der Waals surface area contributed by atoms with Gasteiger partial charge in [0.25, 0.3) is 0 Å². The van der Waals surface area contributed by atoms with Crippen LogP contribution in [-0.2, 0) is 4.74 Å². The fraction of sp³-hybridized carbons (Fsp3) is 0.900. The average molecular weight is 187 g/mol. The van der Waals surface area contributed by atoms with Gasteiger partial charge >= 0.3 is 6.09 Å². The molecule has 0 aromatic carbocycles. The largest absolute Gasteiger partial charge is 0.450 e. The van der Waals surface area contributed by atoms with Gasteiger partial charge in [0, 0.05) is 5.54 Å². The summed E-state index contributed by atoms with van der Waals surface area (Å²) < 4.78 is 4.97. The number of hydrogen-bond donors (Lipinski definition) is 1. The van der Waals surface area contributed by atoms with Crippen LogP contribution in [0.25, 0.3) is 0 Å². The molecule has 0 spiro atoms. The Balaban J connectivity index is 3.41. The van der Waals surface area contributed by atoms with Crippen molar-refractivity contribution in [2.75, 3.05) is 6.61 Å². The Hall–Kier alpha value is -0.730. The first-order valence-electron chi connectivity index (χ1n) is 4.90. The van der Waals surface area contributed by atoms with Crippen LogP contribution in [0.3, 0.4) is 0 Å². The molecule has 1 N–H and O–H groups in total. The van der Waals surface area contributed by atoms with E-state index in [1.54, 1.807) is 0 Å². The van der Waals surface area contributed by atoms with Crippen LogP contribution in [0.15, 0.2) is 0 Å². The van der Waals surface area contributed by atoms with Crippen molar-refractivity contribution in [2.24, 2.45) is 0 Å². The number of carbonyl (C=O) groups excluding carboxylic acids is 1. The topological polar surface area (TPSA) is 38.3 Å². The zero-order valence-corrected chi connectivity index (χ0v) is 9.14. The fourth-order valence-electron chi connectivity index (χ4n) is 0.859. The third-order valence-electron chi connectivity index (χ3n) is 1.46. The first-order valence-corrected chi connectivity index (χ1v) is 4.90. The summed E-state index contributed by atoms with van der Waals surface area (Å²) in [5, 5.41) is 2.73. The van der Waals surface area contributed by atoms with E-state index >= 15 is 0 Å². The molecule has 0 atom stereocenters. The molecule has 0 unspecified atom stereocenters. The molecule has 0 saturated carbocycles. The summed E-state index contributed by atoms with van der Waals surface area (Å²) in [7, 11) is 0. The molecule has 0 aliphatic heterocycles. The van der Waals surface area contributed by atoms with Crippen LogP contribution in [0.1, 0.15) is 47.0 Å². The van der Waals surface area contributed by atoms with Gasteiger partial charge in [-0.1, -0.05) is 19.8 Å². The zero-order chi connectivity index (χ0) is 10.3. The maximum Gasteiger partial charge on any atom is 0.407 e. The first-order chi connectivity index (χ1) is 5.95. The second-order valence-corrected chi connectivity index (χ2v) is 4.22. The lowest BCUT2D eigenvalue weighted by molar-refractivity contribution is 0.135. The number of unbranched alkanes of at least 4 members (excludes halogenated alkanes) is 2. The van der Waals surface area contributed by atoms with Crippen molar-refractivity contribution in [2.45, 2.75) is 52.5 Å². The van der Waals surface area contributed by atoms with E-state index in [1.807, 2.05) is 20.8 Å². The maximum atomic E-state index is 11.1. The van der Waals surface area contributed by atoms with Crippen LogP contribution in [0.5, 0.6) is 0 Å². The van der Waals surface area contributed by atoms with Crippen molar-refractivity contribution in [1.29, 1.82) is 0 Å². The average Bonchev–Trinajstić information content (AvgIpc) is 1.94. The van der Waals surface area contributed by atoms with Gasteiger partial charge in [0.05, 0.1) is 6.61 Å². The van der Waals surface area contributed by atoms with Crippen LogP contribution in [0, 0.1) is 0 Å². The van der Waals surface area contributed by atoms with Crippen molar-refractivity contribution in [3.8, 4) is 0 Å². The van der Waals surface area contributed by atoms with Gasteiger partial charge in [0.1, 0.15) is 0 Å². The second-order valence-electron chi connectivity index (χ2n) is 4.22. The molecule has 0 rings (SSSR count). The van der Waals surface area contributed by atoms with Crippen molar-refractivity contribution >= 4 is 6.09 Å². The van der Waals surface area contributed by atoms with Gasteiger partial charge in [-0.25, -0.2) is 4.79 Å². The van der Waals surface area contributed by atoms with Crippen molar-refractivity contribution in [1.82, 2.24) is 5.32 Å². The Morgan fingerprint density at radius 1 is 1.31 bits per heavy atom. The standard InChI is InChI=1S/C10H21NO2/c1-5-6-7-8-13-9(12)11-10(2,3)4/h5-8H2,1-4H3,(H,11,12). The Kier molecular flexibility index (Phi) is 5.51. The van der Waals surface area contributed by atoms with E-state index in [2.05, 4.69) is 12.2 Å². The van der Waals surface area contributed by atoms with Gasteiger partial charge in [-0.05, 0) is 27.2 Å². The van der Waals surface area contributed by atoms with E-state index in [0.29, 0.717) is 6.61 Å². The molecule has 0 bridgehead atoms. The number of ether oxygens (including phenoxy) is 1. The minimum atomic E-state index is -0.316. The van der Waals surface area contributed by atoms with Crippen LogP contribution in [0.4, 0.5) is 4.79 Å². The Morgan fingerprint density at radius 2 is 1.92 bits per heavy atom. The Labute approximate surface area is 80.8 Å². The number of hydrogen-bond acceptors (Lipinski definition) is 2. The summed E-state index contributed by atoms with van der Waals surface area (Å²) in [6.07, 6.45) is 2.89. The molecule has 0 heterocycles. The fourth-order valence-corrected chi connectivity index (χ4v) is 0.859. The highest BCUT2D eigenvalue weighted by Gasteiger charge is 2.13. The van der Waals surface area contributed by atoms with Gasteiger partial charge in [0.2, 0.25) is 0 Å². The highest BCUT2D eigenvalue weighted by molar-refractivity contribution is 5.67. The lowest BCUT2D eigenvalue weighted by Gasteiger charge is -2.19. The summed E-state index contributed by atoms with van der Waals surface area (Å²) in [5.41, 5.74) is -0.207. The number of alkyl carbamates (subject to hydrolysis) is 1. The van der Waals surface area contributed by atoms with E-state index in [1.165, 1.54) is 0 Å². The smallest absolute Gasteiger partial charge is 0.407 e. The van der Waals surface area contributed by atoms with Gasteiger partial charge in [-0.15, -0.1) is 0 Å². The molecular weight excluding hydrogens is 166 g/mol. The van der Waals surface area contributed by atoms with Crippen LogP contribution in [0.2, 0.25) is 0 Å². The monoisotopic (exact) mass is 187 g/mol. The zero-order valence-electron chi connectivity index (χ0n) is 9.14. The van der Waals surface area contributed by atoms with Crippen LogP contribution < -0.4 is 5.32 Å². The molecule has 78 valence electrons. The van der Waals surface area contributed by atoms with Crippen LogP contribution >= 0.6 is 0 Å². The van der Waals surface area contributed by atoms with Gasteiger partial charge in [-0.3, -0.25) is 0 Å². The molecule has 0 fully saturated rings. The molecule has 0 aliphatic rings. The van der Waals surface area contributed by atoms with Crippen molar-refractivity contribution in [3.05, 3.63) is 0 Å². The number of amides is 1. The SMILES string of the molecule is CCCCCOC(=O)NC(C)(C)C. The third kappa shape index (κ3) is 9.18. The predicted molar refractivity (Wildman–Crippen MR) is 53.8 cm³/mol. The molecule has 0 aromatic heterocycles. The predicted octanol–water partition coefficient (Wildman–Crippen LogP) is 2.70. The quantitative estimate of drug-likeness (QED) is 0.687. The minimum Gasteiger partial charge on any atom is -0.450 e. The molecule has 3 heteroatoms. The van der Waals surface area contributed by atoms with Crippen LogP contribution in [-0.4, -0.2) is 18.2 Å². The number of nitrogens with one attached hydrogen (secondary N) is 1. The maximum absolute atomic E-state index is 11.1. The van der Waals surface area contributed by atoms with E-state index in [0.717, 1.165) is 19.3 Å². The Bertz CT molecular complexity index is 149. The number of rotatable bonds is 4. The molecule has 1 amide bonds. The van der Waals surface area contributed by atoms with E-state index in [9.17, 15) is 4.79 Å². The van der Waals surface area contributed by atoms with Crippen molar-refractivity contribution < 1.29 is 9.53 Å². The molecular formula is C10H21NO2. The van der Waals surface area contributed by atoms with Gasteiger partial charge in [-0.2, -0.15) is 0 Å². The molecule has 0 aliphatic carbocycles. The lowest BCUT2D eigenvalue weighted by Crippen LogP contribution is -2.41. The first kappa shape index (κ1) is 12.3. The second kappa shape index (κ2) is 5.84. The normalized spacial score (nSPS) is 11.1.